The summed E-state index contributed by atoms with van der Waals surface area (Å²) >= 11 is 0. The summed E-state index contributed by atoms with van der Waals surface area (Å²) in [6.45, 7) is 11.1. The van der Waals surface area contributed by atoms with E-state index in [4.69, 9.17) is 48.4 Å². The molecule has 0 spiro atoms. The van der Waals surface area contributed by atoms with E-state index >= 15 is 0 Å². The zero-order chi connectivity index (χ0) is 26.2. The van der Waals surface area contributed by atoms with Gasteiger partial charge in [-0.05, 0) is 6.42 Å². The molecule has 0 aromatic carbocycles. The van der Waals surface area contributed by atoms with Crippen LogP contribution in [0.5, 0.6) is 0 Å². The van der Waals surface area contributed by atoms with Crippen LogP contribution in [-0.4, -0.2) is 125 Å². The van der Waals surface area contributed by atoms with E-state index in [0.717, 1.165) is 25.7 Å². The fraction of sp³-hybridized carbons (Fsp3) is 0.960. The zero-order valence-corrected chi connectivity index (χ0v) is 22.4. The van der Waals surface area contributed by atoms with E-state index in [0.29, 0.717) is 119 Å². The van der Waals surface area contributed by atoms with Crippen LogP contribution in [-0.2, 0) is 47.4 Å². The number of esters is 1. The van der Waals surface area contributed by atoms with Crippen molar-refractivity contribution in [3.05, 3.63) is 0 Å². The molecule has 0 aromatic rings. The van der Waals surface area contributed by atoms with Gasteiger partial charge in [0.25, 0.3) is 0 Å². The number of ether oxygens (including phenoxy) is 9. The van der Waals surface area contributed by atoms with Gasteiger partial charge in [-0.15, -0.1) is 0 Å². The van der Waals surface area contributed by atoms with Gasteiger partial charge in [0, 0.05) is 13.0 Å². The van der Waals surface area contributed by atoms with Gasteiger partial charge in [0.1, 0.15) is 6.61 Å². The van der Waals surface area contributed by atoms with E-state index < -0.39 is 0 Å². The van der Waals surface area contributed by atoms with Gasteiger partial charge in [0.15, 0.2) is 0 Å². The summed E-state index contributed by atoms with van der Waals surface area (Å²) in [6, 6.07) is 0. The van der Waals surface area contributed by atoms with Crippen LogP contribution in [0, 0.1) is 0 Å². The lowest BCUT2D eigenvalue weighted by Gasteiger charge is -2.09. The molecule has 0 amide bonds. The molecule has 0 aromatic heterocycles. The normalized spacial score (nSPS) is 11.3. The van der Waals surface area contributed by atoms with Crippen LogP contribution >= 0.6 is 0 Å². The topological polar surface area (TPSA) is 126 Å². The lowest BCUT2D eigenvalue weighted by atomic mass is 10.2. The molecule has 0 radical (unpaired) electrons. The standard InChI is InChI=1S/C25H51NO10/c1-2-3-4-5-6-25(27)36-24-23-35-22-21-34-20-19-33-18-17-32-16-15-31-14-13-30-12-11-29-10-9-28-8-7-26/h2-24,26H2,1H3. The lowest BCUT2D eigenvalue weighted by molar-refractivity contribution is -0.145. The van der Waals surface area contributed by atoms with Gasteiger partial charge in [-0.1, -0.05) is 26.2 Å². The fourth-order valence-corrected chi connectivity index (χ4v) is 2.71. The Morgan fingerprint density at radius 3 is 1.14 bits per heavy atom. The Morgan fingerprint density at radius 1 is 0.472 bits per heavy atom. The van der Waals surface area contributed by atoms with Crippen LogP contribution in [0.3, 0.4) is 0 Å². The van der Waals surface area contributed by atoms with E-state index in [-0.39, 0.29) is 12.6 Å². The molecule has 216 valence electrons. The zero-order valence-electron chi connectivity index (χ0n) is 22.4. The average Bonchev–Trinajstić information content (AvgIpc) is 2.88. The summed E-state index contributed by atoms with van der Waals surface area (Å²) < 4.78 is 48.2. The SMILES string of the molecule is CCCCCCC(=O)OCCOCCOCCOCCOCCOCCOCCOCCOCCN. The van der Waals surface area contributed by atoms with E-state index in [1.165, 1.54) is 0 Å². The summed E-state index contributed by atoms with van der Waals surface area (Å²) in [4.78, 5) is 11.5. The number of rotatable bonds is 31. The van der Waals surface area contributed by atoms with Crippen molar-refractivity contribution in [2.24, 2.45) is 5.73 Å². The van der Waals surface area contributed by atoms with Crippen molar-refractivity contribution in [2.45, 2.75) is 39.0 Å². The fourth-order valence-electron chi connectivity index (χ4n) is 2.71. The molecule has 0 saturated heterocycles. The molecule has 0 rings (SSSR count). The van der Waals surface area contributed by atoms with Gasteiger partial charge < -0.3 is 48.4 Å². The van der Waals surface area contributed by atoms with E-state index in [1.54, 1.807) is 0 Å². The number of unbranched alkanes of at least 4 members (excludes halogenated alkanes) is 3. The van der Waals surface area contributed by atoms with Gasteiger partial charge in [0.2, 0.25) is 0 Å². The molecule has 0 fully saturated rings. The van der Waals surface area contributed by atoms with Crippen molar-refractivity contribution in [2.75, 3.05) is 119 Å². The highest BCUT2D eigenvalue weighted by molar-refractivity contribution is 5.69. The Balaban J connectivity index is 3.07. The Bertz CT molecular complexity index is 432. The minimum Gasteiger partial charge on any atom is -0.463 e. The highest BCUT2D eigenvalue weighted by Gasteiger charge is 2.02. The number of carbonyl (C=O) groups is 1. The van der Waals surface area contributed by atoms with Crippen LogP contribution in [0.1, 0.15) is 39.0 Å². The molecule has 0 bridgehead atoms. The molecule has 11 heteroatoms. The van der Waals surface area contributed by atoms with Gasteiger partial charge in [-0.3, -0.25) is 4.79 Å². The third-order valence-corrected chi connectivity index (χ3v) is 4.59. The second-order valence-corrected chi connectivity index (χ2v) is 7.72. The van der Waals surface area contributed by atoms with E-state index in [2.05, 4.69) is 6.92 Å². The molecule has 2 N–H and O–H groups in total. The highest BCUT2D eigenvalue weighted by Crippen LogP contribution is 2.03. The second kappa shape index (κ2) is 32.1. The largest absolute Gasteiger partial charge is 0.463 e. The smallest absolute Gasteiger partial charge is 0.305 e. The van der Waals surface area contributed by atoms with E-state index in [1.807, 2.05) is 0 Å². The molecule has 0 unspecified atom stereocenters. The monoisotopic (exact) mass is 525 g/mol. The molecule has 0 aliphatic carbocycles. The maximum absolute atomic E-state index is 11.5. The molecular formula is C25H51NO10. The second-order valence-electron chi connectivity index (χ2n) is 7.72. The van der Waals surface area contributed by atoms with Crippen molar-refractivity contribution in [1.29, 1.82) is 0 Å². The van der Waals surface area contributed by atoms with Crippen molar-refractivity contribution < 1.29 is 47.4 Å². The summed E-state index contributed by atoms with van der Waals surface area (Å²) in [6.07, 6.45) is 4.78. The third kappa shape index (κ3) is 31.1. The number of hydrogen-bond acceptors (Lipinski definition) is 11. The van der Waals surface area contributed by atoms with Gasteiger partial charge in [0.05, 0.1) is 106 Å². The lowest BCUT2D eigenvalue weighted by Crippen LogP contribution is -2.15. The molecule has 0 heterocycles. The minimum atomic E-state index is -0.149. The number of hydrogen-bond donors (Lipinski definition) is 1. The summed E-state index contributed by atoms with van der Waals surface area (Å²) in [5, 5.41) is 0. The first-order valence-corrected chi connectivity index (χ1v) is 13.3. The Kier molecular flexibility index (Phi) is 31.3. The van der Waals surface area contributed by atoms with Gasteiger partial charge >= 0.3 is 5.97 Å². The maximum Gasteiger partial charge on any atom is 0.305 e. The first kappa shape index (κ1) is 35.1. The van der Waals surface area contributed by atoms with Crippen molar-refractivity contribution in [3.63, 3.8) is 0 Å². The Hall–Kier alpha value is -0.890. The molecule has 0 saturated carbocycles. The average molecular weight is 526 g/mol. The molecule has 0 aliphatic heterocycles. The first-order chi connectivity index (χ1) is 17.8. The van der Waals surface area contributed by atoms with E-state index in [9.17, 15) is 4.79 Å². The quantitative estimate of drug-likeness (QED) is 0.105. The van der Waals surface area contributed by atoms with Crippen LogP contribution in [0.2, 0.25) is 0 Å². The summed E-state index contributed by atoms with van der Waals surface area (Å²) in [7, 11) is 0. The Morgan fingerprint density at radius 2 is 0.806 bits per heavy atom. The third-order valence-electron chi connectivity index (χ3n) is 4.59. The highest BCUT2D eigenvalue weighted by atomic mass is 16.6. The predicted octanol–water partition coefficient (Wildman–Crippen LogP) is 1.59. The molecule has 0 aliphatic rings. The molecular weight excluding hydrogens is 474 g/mol. The molecule has 11 nitrogen and oxygen atoms in total. The van der Waals surface area contributed by atoms with Crippen LogP contribution in [0.25, 0.3) is 0 Å². The van der Waals surface area contributed by atoms with Crippen LogP contribution < -0.4 is 5.73 Å². The maximum atomic E-state index is 11.5. The predicted molar refractivity (Wildman–Crippen MR) is 135 cm³/mol. The number of nitrogens with two attached hydrogens (primary N) is 1. The first-order valence-electron chi connectivity index (χ1n) is 13.3. The summed E-state index contributed by atoms with van der Waals surface area (Å²) in [5.41, 5.74) is 5.32. The van der Waals surface area contributed by atoms with Crippen molar-refractivity contribution >= 4 is 5.97 Å². The number of carbonyl (C=O) groups excluding carboxylic acids is 1. The van der Waals surface area contributed by atoms with Crippen molar-refractivity contribution in [3.8, 4) is 0 Å². The van der Waals surface area contributed by atoms with Crippen LogP contribution in [0.4, 0.5) is 0 Å². The van der Waals surface area contributed by atoms with Crippen LogP contribution in [0.15, 0.2) is 0 Å². The molecule has 0 atom stereocenters. The Labute approximate surface area is 217 Å². The van der Waals surface area contributed by atoms with Crippen molar-refractivity contribution in [1.82, 2.24) is 0 Å². The van der Waals surface area contributed by atoms with Gasteiger partial charge in [-0.2, -0.15) is 0 Å². The minimum absolute atomic E-state index is 0.149. The molecule has 36 heavy (non-hydrogen) atoms. The van der Waals surface area contributed by atoms with Gasteiger partial charge in [-0.25, -0.2) is 0 Å². The summed E-state index contributed by atoms with van der Waals surface area (Å²) in [5.74, 6) is -0.149.